The van der Waals surface area contributed by atoms with Gasteiger partial charge in [-0.1, -0.05) is 256 Å². The van der Waals surface area contributed by atoms with Gasteiger partial charge in [0.25, 0.3) is 0 Å². The Morgan fingerprint density at radius 3 is 0.813 bits per heavy atom. The number of ether oxygens (including phenoxy) is 3. The van der Waals surface area contributed by atoms with E-state index in [1.54, 1.807) is 0 Å². The fourth-order valence-corrected chi connectivity index (χ4v) is 7.86. The van der Waals surface area contributed by atoms with E-state index < -0.39 is 6.10 Å². The largest absolute Gasteiger partial charge is 0.462 e. The van der Waals surface area contributed by atoms with Gasteiger partial charge in [-0.05, 0) is 122 Å². The molecule has 0 N–H and O–H groups in total. The fraction of sp³-hybridized carbons (Fsp3) is 0.609. The maximum atomic E-state index is 12.8. The molecule has 0 spiro atoms. The number of allylic oxidation sites excluding steroid dienone is 24. The summed E-state index contributed by atoms with van der Waals surface area (Å²) in [5.41, 5.74) is 0. The standard InChI is InChI=1S/C69H110O6/c1-4-7-10-13-16-19-21-23-25-27-28-29-30-31-32-33-34-35-36-37-38-39-40-42-43-45-47-50-53-56-59-62-68(71)74-65-66(64-73-67(70)61-58-55-52-49-18-15-12-9-6-3)75-69(72)63-60-57-54-51-48-46-44-41-26-24-22-20-17-14-11-8-5-2/h7-8,10-11,16-17,19-20,23-26,28-29,31-32,34-35,37-38,40,42,44,46,66H,4-6,9,12-15,18,21-22,27,30,33,36,39,41,43,45,47-65H2,1-3H3/b10-7-,11-8-,19-16-,20-17-,25-23-,26-24-,29-28-,32-31-,35-34-,38-37-,42-40-,46-44-. The molecule has 6 nitrogen and oxygen atoms in total. The highest BCUT2D eigenvalue weighted by Gasteiger charge is 2.19. The van der Waals surface area contributed by atoms with Gasteiger partial charge in [-0.25, -0.2) is 0 Å². The third-order valence-electron chi connectivity index (χ3n) is 12.3. The average molecular weight is 1040 g/mol. The number of hydrogen-bond donors (Lipinski definition) is 0. The highest BCUT2D eigenvalue weighted by atomic mass is 16.6. The van der Waals surface area contributed by atoms with Crippen molar-refractivity contribution in [1.82, 2.24) is 0 Å². The molecule has 0 aromatic rings. The van der Waals surface area contributed by atoms with Gasteiger partial charge < -0.3 is 14.2 Å². The monoisotopic (exact) mass is 1030 g/mol. The van der Waals surface area contributed by atoms with E-state index in [-0.39, 0.29) is 31.1 Å². The summed E-state index contributed by atoms with van der Waals surface area (Å²) in [6.45, 7) is 6.35. The van der Waals surface area contributed by atoms with E-state index >= 15 is 0 Å². The van der Waals surface area contributed by atoms with E-state index in [0.717, 1.165) is 161 Å². The van der Waals surface area contributed by atoms with Crippen LogP contribution in [0, 0.1) is 0 Å². The topological polar surface area (TPSA) is 78.9 Å². The maximum Gasteiger partial charge on any atom is 0.306 e. The molecular weight excluding hydrogens is 925 g/mol. The quantitative estimate of drug-likeness (QED) is 0.0261. The lowest BCUT2D eigenvalue weighted by atomic mass is 10.1. The number of unbranched alkanes of at least 4 members (excludes halogenated alkanes) is 18. The first-order chi connectivity index (χ1) is 37.0. The van der Waals surface area contributed by atoms with Crippen molar-refractivity contribution in [2.24, 2.45) is 0 Å². The minimum Gasteiger partial charge on any atom is -0.462 e. The van der Waals surface area contributed by atoms with Crippen LogP contribution in [0.1, 0.15) is 252 Å². The van der Waals surface area contributed by atoms with Crippen LogP contribution in [0.4, 0.5) is 0 Å². The molecule has 0 fully saturated rings. The zero-order valence-corrected chi connectivity index (χ0v) is 48.3. The molecule has 0 bridgehead atoms. The van der Waals surface area contributed by atoms with Gasteiger partial charge >= 0.3 is 17.9 Å². The van der Waals surface area contributed by atoms with Gasteiger partial charge in [0.1, 0.15) is 13.2 Å². The van der Waals surface area contributed by atoms with Gasteiger partial charge in [-0.2, -0.15) is 0 Å². The average Bonchev–Trinajstić information content (AvgIpc) is 3.41. The molecule has 0 saturated heterocycles. The molecule has 75 heavy (non-hydrogen) atoms. The summed E-state index contributed by atoms with van der Waals surface area (Å²) in [6.07, 6.45) is 88.5. The molecule has 0 rings (SSSR count). The van der Waals surface area contributed by atoms with E-state index in [0.29, 0.717) is 19.3 Å². The van der Waals surface area contributed by atoms with Crippen molar-refractivity contribution in [3.8, 4) is 0 Å². The van der Waals surface area contributed by atoms with Crippen LogP contribution in [-0.4, -0.2) is 37.2 Å². The van der Waals surface area contributed by atoms with Crippen LogP contribution in [0.15, 0.2) is 146 Å². The predicted octanol–water partition coefficient (Wildman–Crippen LogP) is 20.8. The van der Waals surface area contributed by atoms with Crippen molar-refractivity contribution < 1.29 is 28.6 Å². The van der Waals surface area contributed by atoms with Crippen LogP contribution in [-0.2, 0) is 28.6 Å². The molecule has 1 atom stereocenters. The van der Waals surface area contributed by atoms with Gasteiger partial charge in [0.15, 0.2) is 6.10 Å². The molecule has 0 saturated carbocycles. The number of carbonyl (C=O) groups excluding carboxylic acids is 3. The van der Waals surface area contributed by atoms with Gasteiger partial charge in [0.05, 0.1) is 0 Å². The molecule has 0 radical (unpaired) electrons. The summed E-state index contributed by atoms with van der Waals surface area (Å²) in [5, 5.41) is 0. The molecular formula is C69H110O6. The second-order valence-electron chi connectivity index (χ2n) is 19.5. The van der Waals surface area contributed by atoms with Crippen LogP contribution in [0.5, 0.6) is 0 Å². The lowest BCUT2D eigenvalue weighted by Gasteiger charge is -2.18. The minimum absolute atomic E-state index is 0.0961. The molecule has 0 aromatic heterocycles. The first kappa shape index (κ1) is 70.3. The van der Waals surface area contributed by atoms with Crippen LogP contribution in [0.2, 0.25) is 0 Å². The molecule has 6 heteroatoms. The molecule has 0 heterocycles. The van der Waals surface area contributed by atoms with E-state index in [2.05, 4.69) is 167 Å². The zero-order valence-electron chi connectivity index (χ0n) is 48.3. The second-order valence-corrected chi connectivity index (χ2v) is 19.5. The Morgan fingerprint density at radius 1 is 0.280 bits per heavy atom. The summed E-state index contributed by atoms with van der Waals surface area (Å²) in [4.78, 5) is 38.1. The third kappa shape index (κ3) is 60.0. The minimum atomic E-state index is -0.801. The van der Waals surface area contributed by atoms with Crippen LogP contribution in [0.3, 0.4) is 0 Å². The van der Waals surface area contributed by atoms with E-state index in [1.807, 2.05) is 0 Å². The van der Waals surface area contributed by atoms with Gasteiger partial charge in [0, 0.05) is 19.3 Å². The maximum absolute atomic E-state index is 12.8. The Hall–Kier alpha value is -4.71. The second kappa shape index (κ2) is 61.8. The fourth-order valence-electron chi connectivity index (χ4n) is 7.86. The molecule has 0 aliphatic rings. The highest BCUT2D eigenvalue weighted by Crippen LogP contribution is 2.14. The summed E-state index contributed by atoms with van der Waals surface area (Å²) in [5.74, 6) is -0.943. The van der Waals surface area contributed by atoms with Crippen molar-refractivity contribution in [2.75, 3.05) is 13.2 Å². The van der Waals surface area contributed by atoms with Crippen molar-refractivity contribution in [2.45, 2.75) is 258 Å². The van der Waals surface area contributed by atoms with Gasteiger partial charge in [-0.15, -0.1) is 0 Å². The van der Waals surface area contributed by atoms with E-state index in [4.69, 9.17) is 14.2 Å². The third-order valence-corrected chi connectivity index (χ3v) is 12.3. The Kier molecular flexibility index (Phi) is 58.0. The summed E-state index contributed by atoms with van der Waals surface area (Å²) in [6, 6.07) is 0. The molecule has 0 amide bonds. The van der Waals surface area contributed by atoms with Crippen molar-refractivity contribution >= 4 is 17.9 Å². The lowest BCUT2D eigenvalue weighted by Crippen LogP contribution is -2.30. The first-order valence-electron chi connectivity index (χ1n) is 30.3. The Bertz CT molecular complexity index is 1660. The highest BCUT2D eigenvalue weighted by molar-refractivity contribution is 5.71. The van der Waals surface area contributed by atoms with E-state index in [1.165, 1.54) is 51.4 Å². The molecule has 422 valence electrons. The van der Waals surface area contributed by atoms with Crippen molar-refractivity contribution in [3.05, 3.63) is 146 Å². The SMILES string of the molecule is CC/C=C\C/C=C\C/C=C\C/C=C\C/C=C\C/C=C\C/C=C\C/C=C\CCCCCCCCC(=O)OCC(COC(=O)CCCCCCCCCCC)OC(=O)CCCCCC/C=C\C/C=C\C/C=C\C/C=C\CC. The Labute approximate surface area is 461 Å². The first-order valence-corrected chi connectivity index (χ1v) is 30.3. The molecule has 0 aromatic carbocycles. The van der Waals surface area contributed by atoms with Crippen LogP contribution in [0.25, 0.3) is 0 Å². The lowest BCUT2D eigenvalue weighted by molar-refractivity contribution is -0.167. The predicted molar refractivity (Wildman–Crippen MR) is 325 cm³/mol. The summed E-state index contributed by atoms with van der Waals surface area (Å²) in [7, 11) is 0. The number of hydrogen-bond acceptors (Lipinski definition) is 6. The number of rotatable bonds is 53. The smallest absolute Gasteiger partial charge is 0.306 e. The van der Waals surface area contributed by atoms with Crippen LogP contribution < -0.4 is 0 Å². The van der Waals surface area contributed by atoms with Gasteiger partial charge in [-0.3, -0.25) is 14.4 Å². The van der Waals surface area contributed by atoms with Crippen molar-refractivity contribution in [3.63, 3.8) is 0 Å². The zero-order chi connectivity index (χ0) is 54.3. The normalized spacial score (nSPS) is 13.2. The summed E-state index contributed by atoms with van der Waals surface area (Å²) < 4.78 is 16.8. The van der Waals surface area contributed by atoms with Crippen LogP contribution >= 0.6 is 0 Å². The summed E-state index contributed by atoms with van der Waals surface area (Å²) >= 11 is 0. The molecule has 0 aliphatic carbocycles. The number of carbonyl (C=O) groups is 3. The molecule has 1 unspecified atom stereocenters. The Morgan fingerprint density at radius 2 is 0.520 bits per heavy atom. The number of esters is 3. The van der Waals surface area contributed by atoms with Crippen molar-refractivity contribution in [1.29, 1.82) is 0 Å². The van der Waals surface area contributed by atoms with E-state index in [9.17, 15) is 14.4 Å². The molecule has 0 aliphatic heterocycles. The Balaban J connectivity index is 4.30. The van der Waals surface area contributed by atoms with Gasteiger partial charge in [0.2, 0.25) is 0 Å².